The number of hydrogen-bond acceptors (Lipinski definition) is 5. The molecule has 204 valence electrons. The molecule has 1 aromatic rings. The molecule has 5 rings (SSSR count). The molecule has 0 aromatic heterocycles. The highest BCUT2D eigenvalue weighted by molar-refractivity contribution is 5.98. The van der Waals surface area contributed by atoms with Crippen LogP contribution in [0, 0.1) is 17.8 Å². The molecule has 6 nitrogen and oxygen atoms in total. The van der Waals surface area contributed by atoms with E-state index in [1.807, 2.05) is 55.5 Å². The number of allylic oxidation sites excluding steroid dienone is 10. The smallest absolute Gasteiger partial charge is 0.248 e. The number of ketones is 1. The third-order valence-corrected chi connectivity index (χ3v) is 6.90. The summed E-state index contributed by atoms with van der Waals surface area (Å²) in [6.45, 7) is 5.90. The van der Waals surface area contributed by atoms with Crippen LogP contribution in [0.5, 0.6) is 5.75 Å². The topological polar surface area (TPSA) is 73.9 Å². The zero-order valence-electron chi connectivity index (χ0n) is 22.2. The van der Waals surface area contributed by atoms with Crippen molar-refractivity contribution in [3.8, 4) is 17.6 Å². The molecule has 2 heterocycles. The summed E-state index contributed by atoms with van der Waals surface area (Å²) >= 11 is 0. The highest BCUT2D eigenvalue weighted by atomic mass is 19.1. The van der Waals surface area contributed by atoms with Gasteiger partial charge >= 0.3 is 0 Å². The molecule has 4 aliphatic rings. The van der Waals surface area contributed by atoms with Gasteiger partial charge in [-0.15, -0.1) is 0 Å². The fourth-order valence-electron chi connectivity index (χ4n) is 4.55. The second-order valence-corrected chi connectivity index (χ2v) is 10.1. The number of halogens is 1. The molecule has 1 amide bonds. The number of carbonyl (C=O) groups is 2. The molecule has 0 radical (unpaired) electrons. The van der Waals surface area contributed by atoms with Crippen molar-refractivity contribution in [3.63, 3.8) is 0 Å². The Bertz CT molecular complexity index is 1460. The Hall–Kier alpha value is -4.41. The number of hydrogen-bond donors (Lipinski definition) is 1. The number of para-hydroxylation sites is 1. The first kappa shape index (κ1) is 27.2. The van der Waals surface area contributed by atoms with E-state index in [2.05, 4.69) is 23.7 Å². The number of alkyl halides is 1. The van der Waals surface area contributed by atoms with E-state index in [-0.39, 0.29) is 43.8 Å². The molecule has 7 heteroatoms. The van der Waals surface area contributed by atoms with Gasteiger partial charge in [0.15, 0.2) is 5.78 Å². The number of nitrogens with one attached hydrogen (secondary N) is 1. The first-order valence-corrected chi connectivity index (χ1v) is 13.2. The predicted octanol–water partition coefficient (Wildman–Crippen LogP) is 4.99. The van der Waals surface area contributed by atoms with Gasteiger partial charge < -0.3 is 19.5 Å². The standard InChI is InChI=1S/C33H30FNO5/c1-22-16-28-23(2)17-30(36)29(19-39-31(28)13-12-24(22)14-15-33(34)20-38-21-33)35-32(37)25-8-6-7-11-27(18-25)40-26-9-4-3-5-10-26/h3-7,9-13,16,18,23,29H,1,8,17,19-21H2,2H3,(H,35,37)/t23?,29-/m0/s1. The number of benzene rings is 1. The fraction of sp³-hybridized carbons (Fsp3) is 0.273. The van der Waals surface area contributed by atoms with E-state index in [0.29, 0.717) is 40.4 Å². The van der Waals surface area contributed by atoms with Gasteiger partial charge in [0.1, 0.15) is 29.9 Å². The molecule has 2 aliphatic heterocycles. The lowest BCUT2D eigenvalue weighted by Gasteiger charge is -2.28. The predicted molar refractivity (Wildman–Crippen MR) is 149 cm³/mol. The van der Waals surface area contributed by atoms with Crippen molar-refractivity contribution in [1.29, 1.82) is 0 Å². The number of fused-ring (bicyclic) bond motifs is 1. The van der Waals surface area contributed by atoms with Gasteiger partial charge in [0.2, 0.25) is 11.6 Å². The minimum atomic E-state index is -1.64. The molecule has 1 N–H and O–H groups in total. The van der Waals surface area contributed by atoms with Crippen molar-refractivity contribution in [2.45, 2.75) is 31.5 Å². The summed E-state index contributed by atoms with van der Waals surface area (Å²) in [6.07, 6.45) is 13.1. The lowest BCUT2D eigenvalue weighted by Crippen LogP contribution is -2.46. The van der Waals surface area contributed by atoms with Gasteiger partial charge in [-0.25, -0.2) is 4.39 Å². The lowest BCUT2D eigenvalue weighted by atomic mass is 9.89. The van der Waals surface area contributed by atoms with Crippen LogP contribution >= 0.6 is 0 Å². The number of carbonyl (C=O) groups excluding carboxylic acids is 2. The Morgan fingerprint density at radius 2 is 1.98 bits per heavy atom. The summed E-state index contributed by atoms with van der Waals surface area (Å²) in [5.74, 6) is 6.57. The minimum Gasteiger partial charge on any atom is -0.491 e. The number of Topliss-reactive ketones (excluding diaryl/α,β-unsaturated/α-hetero) is 1. The van der Waals surface area contributed by atoms with Gasteiger partial charge in [0.05, 0.1) is 13.2 Å². The van der Waals surface area contributed by atoms with Crippen LogP contribution < -0.4 is 10.1 Å². The Balaban J connectivity index is 1.30. The van der Waals surface area contributed by atoms with E-state index in [9.17, 15) is 14.0 Å². The molecular weight excluding hydrogens is 509 g/mol. The average molecular weight is 540 g/mol. The van der Waals surface area contributed by atoms with Gasteiger partial charge in [-0.3, -0.25) is 9.59 Å². The van der Waals surface area contributed by atoms with E-state index < -0.39 is 11.7 Å². The molecule has 40 heavy (non-hydrogen) atoms. The van der Waals surface area contributed by atoms with E-state index >= 15 is 0 Å². The van der Waals surface area contributed by atoms with Crippen LogP contribution in [-0.2, 0) is 19.1 Å². The number of ether oxygens (including phenoxy) is 3. The van der Waals surface area contributed by atoms with Gasteiger partial charge in [-0.2, -0.15) is 0 Å². The van der Waals surface area contributed by atoms with Crippen LogP contribution in [0.1, 0.15) is 19.8 Å². The van der Waals surface area contributed by atoms with Crippen molar-refractivity contribution in [1.82, 2.24) is 5.32 Å². The Labute approximate surface area is 233 Å². The monoisotopic (exact) mass is 539 g/mol. The van der Waals surface area contributed by atoms with Crippen molar-refractivity contribution < 1.29 is 28.2 Å². The van der Waals surface area contributed by atoms with Gasteiger partial charge in [-0.05, 0) is 66.0 Å². The average Bonchev–Trinajstić information content (AvgIpc) is 3.25. The van der Waals surface area contributed by atoms with Crippen molar-refractivity contribution in [2.75, 3.05) is 19.8 Å². The zero-order valence-corrected chi connectivity index (χ0v) is 22.2. The van der Waals surface area contributed by atoms with E-state index in [4.69, 9.17) is 14.2 Å². The third-order valence-electron chi connectivity index (χ3n) is 6.90. The highest BCUT2D eigenvalue weighted by Crippen LogP contribution is 2.32. The van der Waals surface area contributed by atoms with Gasteiger partial charge in [-0.1, -0.05) is 55.7 Å². The van der Waals surface area contributed by atoms with Crippen LogP contribution in [0.3, 0.4) is 0 Å². The van der Waals surface area contributed by atoms with Crippen LogP contribution in [0.25, 0.3) is 0 Å². The molecule has 1 unspecified atom stereocenters. The van der Waals surface area contributed by atoms with E-state index in [0.717, 1.165) is 5.57 Å². The molecule has 0 spiro atoms. The molecule has 0 bridgehead atoms. The fourth-order valence-corrected chi connectivity index (χ4v) is 4.55. The van der Waals surface area contributed by atoms with Crippen LogP contribution in [-0.4, -0.2) is 43.2 Å². The second-order valence-electron chi connectivity index (χ2n) is 10.1. The normalized spacial score (nSPS) is 23.7. The van der Waals surface area contributed by atoms with E-state index in [1.165, 1.54) is 0 Å². The van der Waals surface area contributed by atoms with Gasteiger partial charge in [0.25, 0.3) is 0 Å². The summed E-state index contributed by atoms with van der Waals surface area (Å²) in [4.78, 5) is 26.4. The quantitative estimate of drug-likeness (QED) is 0.546. The summed E-state index contributed by atoms with van der Waals surface area (Å²) in [6, 6.07) is 8.48. The van der Waals surface area contributed by atoms with E-state index in [1.54, 1.807) is 24.3 Å². The zero-order chi connectivity index (χ0) is 28.1. The maximum atomic E-state index is 14.3. The van der Waals surface area contributed by atoms with Crippen molar-refractivity contribution in [3.05, 3.63) is 113 Å². The lowest BCUT2D eigenvalue weighted by molar-refractivity contribution is -0.128. The number of rotatable bonds is 4. The largest absolute Gasteiger partial charge is 0.491 e. The molecule has 1 aromatic carbocycles. The molecular formula is C33H30FNO5. The second kappa shape index (κ2) is 11.8. The number of amides is 1. The highest BCUT2D eigenvalue weighted by Gasteiger charge is 2.37. The minimum absolute atomic E-state index is 0.0287. The molecule has 2 atom stereocenters. The molecule has 2 saturated heterocycles. The first-order valence-electron chi connectivity index (χ1n) is 13.2. The Morgan fingerprint density at radius 1 is 1.18 bits per heavy atom. The first-order chi connectivity index (χ1) is 19.3. The maximum Gasteiger partial charge on any atom is 0.248 e. The van der Waals surface area contributed by atoms with Crippen LogP contribution in [0.2, 0.25) is 0 Å². The summed E-state index contributed by atoms with van der Waals surface area (Å²) in [7, 11) is 0. The van der Waals surface area contributed by atoms with Gasteiger partial charge in [0, 0.05) is 17.6 Å². The van der Waals surface area contributed by atoms with Crippen molar-refractivity contribution >= 4 is 11.7 Å². The SMILES string of the molecule is C=C1C=C2C(=CC=C1C#CC1(F)COC1)OC[C@H](NC(=O)C1=CC(Oc3ccccc3)=CC=CC1)C(=O)CC2C. The Morgan fingerprint density at radius 3 is 2.73 bits per heavy atom. The summed E-state index contributed by atoms with van der Waals surface area (Å²) in [5.41, 5.74) is 0.822. The summed E-state index contributed by atoms with van der Waals surface area (Å²) < 4.78 is 31.2. The van der Waals surface area contributed by atoms with Crippen LogP contribution in [0.4, 0.5) is 4.39 Å². The van der Waals surface area contributed by atoms with Crippen LogP contribution in [0.15, 0.2) is 113 Å². The molecule has 0 saturated carbocycles. The third kappa shape index (κ3) is 6.41. The molecule has 2 fully saturated rings. The Kier molecular flexibility index (Phi) is 7.99. The summed E-state index contributed by atoms with van der Waals surface area (Å²) in [5, 5.41) is 2.86. The maximum absolute atomic E-state index is 14.3. The molecule has 2 aliphatic carbocycles. The van der Waals surface area contributed by atoms with Crippen molar-refractivity contribution in [2.24, 2.45) is 5.92 Å².